The highest BCUT2D eigenvalue weighted by Crippen LogP contribution is 1.93. The molecule has 0 fully saturated rings. The number of rotatable bonds is 5. The molecule has 0 aliphatic rings. The molecule has 0 saturated heterocycles. The van der Waals surface area contributed by atoms with Crippen molar-refractivity contribution in [2.24, 2.45) is 0 Å². The van der Waals surface area contributed by atoms with E-state index in [0.29, 0.717) is 6.42 Å². The highest BCUT2D eigenvalue weighted by atomic mass is 16.3. The van der Waals surface area contributed by atoms with Gasteiger partial charge in [-0.15, -0.1) is 0 Å². The Hall–Kier alpha value is -1.03. The van der Waals surface area contributed by atoms with Crippen LogP contribution in [0.3, 0.4) is 0 Å². The Morgan fingerprint density at radius 2 is 2.25 bits per heavy atom. The quantitative estimate of drug-likeness (QED) is 0.414. The van der Waals surface area contributed by atoms with Gasteiger partial charge in [0.05, 0.1) is 12.6 Å². The van der Waals surface area contributed by atoms with Crippen molar-refractivity contribution < 1.29 is 15.0 Å². The molecule has 0 aromatic heterocycles. The zero-order valence-electron chi connectivity index (χ0n) is 7.37. The fraction of sp³-hybridized carbons (Fsp3) is 0.625. The largest absolute Gasteiger partial charge is 0.495 e. The van der Waals surface area contributed by atoms with Crippen LogP contribution in [0.4, 0.5) is 0 Å². The summed E-state index contributed by atoms with van der Waals surface area (Å²) in [4.78, 5) is 10.5. The van der Waals surface area contributed by atoms with Crippen LogP contribution in [0.25, 0.3) is 0 Å². The summed E-state index contributed by atoms with van der Waals surface area (Å²) in [6, 6.07) is -0.194. The lowest BCUT2D eigenvalue weighted by molar-refractivity contribution is -0.112. The Bertz CT molecular complexity index is 173. The van der Waals surface area contributed by atoms with Gasteiger partial charge in [-0.3, -0.25) is 4.79 Å². The number of aliphatic hydroxyl groups is 2. The summed E-state index contributed by atoms with van der Waals surface area (Å²) in [5, 5.41) is 20.4. The number of hydrogen-bond donors (Lipinski definition) is 3. The molecule has 0 aromatic rings. The fourth-order valence-electron chi connectivity index (χ4n) is 0.720. The Kier molecular flexibility index (Phi) is 5.12. The molecule has 0 saturated carbocycles. The van der Waals surface area contributed by atoms with Crippen molar-refractivity contribution in [1.29, 1.82) is 0 Å². The van der Waals surface area contributed by atoms with Crippen molar-refractivity contribution in [3.63, 3.8) is 0 Å². The normalized spacial score (nSPS) is 14.1. The second-order valence-electron chi connectivity index (χ2n) is 2.57. The maximum Gasteiger partial charge on any atom is 0.187 e. The van der Waals surface area contributed by atoms with E-state index in [1.165, 1.54) is 6.92 Å². The third-order valence-electron chi connectivity index (χ3n) is 1.41. The number of hydrogen-bond acceptors (Lipinski definition) is 4. The van der Waals surface area contributed by atoms with E-state index < -0.39 is 0 Å². The van der Waals surface area contributed by atoms with Crippen molar-refractivity contribution in [1.82, 2.24) is 5.32 Å². The molecule has 70 valence electrons. The van der Waals surface area contributed by atoms with Crippen LogP contribution in [0, 0.1) is 0 Å². The van der Waals surface area contributed by atoms with Crippen molar-refractivity contribution in [3.8, 4) is 0 Å². The van der Waals surface area contributed by atoms with E-state index in [1.807, 2.05) is 6.92 Å². The fourth-order valence-corrected chi connectivity index (χ4v) is 0.720. The van der Waals surface area contributed by atoms with Gasteiger partial charge in [0, 0.05) is 6.08 Å². The Morgan fingerprint density at radius 3 is 2.58 bits per heavy atom. The molecule has 0 amide bonds. The predicted molar refractivity (Wildman–Crippen MR) is 45.7 cm³/mol. The lowest BCUT2D eigenvalue weighted by Gasteiger charge is -2.13. The van der Waals surface area contributed by atoms with Crippen LogP contribution >= 0.6 is 0 Å². The van der Waals surface area contributed by atoms with Gasteiger partial charge in [0.1, 0.15) is 0 Å². The lowest BCUT2D eigenvalue weighted by atomic mass is 10.2. The minimum absolute atomic E-state index is 0.0632. The molecule has 0 rings (SSSR count). The molecule has 0 heterocycles. The first-order valence-electron chi connectivity index (χ1n) is 3.88. The van der Waals surface area contributed by atoms with Crippen LogP contribution in [-0.2, 0) is 4.79 Å². The maximum absolute atomic E-state index is 10.5. The second-order valence-corrected chi connectivity index (χ2v) is 2.57. The van der Waals surface area contributed by atoms with Crippen LogP contribution < -0.4 is 5.32 Å². The molecule has 1 atom stereocenters. The summed E-state index contributed by atoms with van der Waals surface area (Å²) in [7, 11) is 0. The molecule has 0 spiro atoms. The minimum Gasteiger partial charge on any atom is -0.495 e. The summed E-state index contributed by atoms with van der Waals surface area (Å²) in [6.07, 6.45) is 1.77. The molecule has 1 unspecified atom stereocenters. The third-order valence-corrected chi connectivity index (χ3v) is 1.41. The molecule has 4 nitrogen and oxygen atoms in total. The first-order valence-corrected chi connectivity index (χ1v) is 3.88. The van der Waals surface area contributed by atoms with E-state index in [4.69, 9.17) is 10.2 Å². The van der Waals surface area contributed by atoms with Gasteiger partial charge in [-0.1, -0.05) is 6.92 Å². The average molecular weight is 173 g/mol. The Labute approximate surface area is 71.9 Å². The van der Waals surface area contributed by atoms with Gasteiger partial charge in [-0.05, 0) is 13.3 Å². The molecule has 0 aromatic carbocycles. The number of allylic oxidation sites excluding steroid dienone is 1. The molecule has 0 aliphatic carbocycles. The average Bonchev–Trinajstić information content (AvgIpc) is 1.98. The molecular formula is C8H15NO3. The van der Waals surface area contributed by atoms with Gasteiger partial charge in [-0.2, -0.15) is 0 Å². The van der Waals surface area contributed by atoms with Crippen molar-refractivity contribution in [3.05, 3.63) is 12.0 Å². The number of ketones is 1. The summed E-state index contributed by atoms with van der Waals surface area (Å²) >= 11 is 0. The molecule has 0 bridgehead atoms. The zero-order chi connectivity index (χ0) is 9.56. The minimum atomic E-state index is -0.229. The van der Waals surface area contributed by atoms with Crippen LogP contribution in [0.15, 0.2) is 12.0 Å². The smallest absolute Gasteiger partial charge is 0.187 e. The summed E-state index contributed by atoms with van der Waals surface area (Å²) < 4.78 is 0. The molecule has 0 aliphatic heterocycles. The molecule has 12 heavy (non-hydrogen) atoms. The number of carbonyl (C=O) groups is 1. The van der Waals surface area contributed by atoms with Gasteiger partial charge in [-0.25, -0.2) is 0 Å². The van der Waals surface area contributed by atoms with Gasteiger partial charge in [0.2, 0.25) is 0 Å². The van der Waals surface area contributed by atoms with Crippen LogP contribution in [0.1, 0.15) is 20.3 Å². The highest BCUT2D eigenvalue weighted by molar-refractivity contribution is 5.87. The summed E-state index contributed by atoms with van der Waals surface area (Å²) in [5.74, 6) is -0.420. The molecular weight excluding hydrogens is 158 g/mol. The zero-order valence-corrected chi connectivity index (χ0v) is 7.37. The van der Waals surface area contributed by atoms with Crippen molar-refractivity contribution in [2.45, 2.75) is 26.3 Å². The SMILES string of the molecule is CCC(CO)N/C(O)=C/C(C)=O. The number of nitrogens with one attached hydrogen (secondary N) is 1. The van der Waals surface area contributed by atoms with E-state index in [1.54, 1.807) is 0 Å². The van der Waals surface area contributed by atoms with Gasteiger partial charge >= 0.3 is 0 Å². The second kappa shape index (κ2) is 5.60. The number of aliphatic hydroxyl groups excluding tert-OH is 2. The lowest BCUT2D eigenvalue weighted by Crippen LogP contribution is -2.31. The third kappa shape index (κ3) is 4.73. The van der Waals surface area contributed by atoms with E-state index >= 15 is 0 Å². The van der Waals surface area contributed by atoms with Gasteiger partial charge in [0.25, 0.3) is 0 Å². The first kappa shape index (κ1) is 11.0. The topological polar surface area (TPSA) is 69.6 Å². The molecule has 4 heteroatoms. The predicted octanol–water partition coefficient (Wildman–Crippen LogP) is 0.335. The van der Waals surface area contributed by atoms with Gasteiger partial charge < -0.3 is 15.5 Å². The summed E-state index contributed by atoms with van der Waals surface area (Å²) in [5.41, 5.74) is 0. The van der Waals surface area contributed by atoms with Gasteiger partial charge in [0.15, 0.2) is 11.7 Å². The molecule has 0 radical (unpaired) electrons. The first-order chi connectivity index (χ1) is 5.60. The van der Waals surface area contributed by atoms with Crippen LogP contribution in [0.5, 0.6) is 0 Å². The monoisotopic (exact) mass is 173 g/mol. The van der Waals surface area contributed by atoms with Crippen LogP contribution in [-0.4, -0.2) is 28.6 Å². The van der Waals surface area contributed by atoms with Crippen LogP contribution in [0.2, 0.25) is 0 Å². The van der Waals surface area contributed by atoms with Crippen molar-refractivity contribution in [2.75, 3.05) is 6.61 Å². The summed E-state index contributed by atoms with van der Waals surface area (Å²) in [6.45, 7) is 3.15. The Balaban J connectivity index is 3.97. The highest BCUT2D eigenvalue weighted by Gasteiger charge is 2.04. The van der Waals surface area contributed by atoms with E-state index in [-0.39, 0.29) is 24.3 Å². The standard InChI is InChI=1S/C8H15NO3/c1-3-7(5-10)9-8(12)4-6(2)11/h4,7,9-10,12H,3,5H2,1-2H3/b8-4-. The Morgan fingerprint density at radius 1 is 1.67 bits per heavy atom. The van der Waals surface area contributed by atoms with Crippen molar-refractivity contribution >= 4 is 5.78 Å². The van der Waals surface area contributed by atoms with E-state index in [0.717, 1.165) is 6.08 Å². The maximum atomic E-state index is 10.5. The van der Waals surface area contributed by atoms with E-state index in [2.05, 4.69) is 5.32 Å². The molecule has 3 N–H and O–H groups in total. The van der Waals surface area contributed by atoms with E-state index in [9.17, 15) is 4.79 Å². The number of carbonyl (C=O) groups excluding carboxylic acids is 1.